The van der Waals surface area contributed by atoms with E-state index in [1.165, 1.54) is 0 Å². The number of halogens is 2. The molecule has 0 aliphatic rings. The van der Waals surface area contributed by atoms with Crippen LogP contribution in [0.25, 0.3) is 10.8 Å². The number of guanidine groups is 1. The molecule has 0 atom stereocenters. The number of hydrogen-bond acceptors (Lipinski definition) is 4. The fraction of sp³-hybridized carbons (Fsp3) is 0.304. The summed E-state index contributed by atoms with van der Waals surface area (Å²) in [5, 5.41) is 8.59. The quantitative estimate of drug-likeness (QED) is 0.388. The molecular formula is C23H26F2N4O2. The second-order valence-corrected chi connectivity index (χ2v) is 6.58. The molecule has 164 valence electrons. The van der Waals surface area contributed by atoms with Crippen molar-refractivity contribution in [2.24, 2.45) is 4.99 Å². The first-order valence-electron chi connectivity index (χ1n) is 10.2. The van der Waals surface area contributed by atoms with Crippen molar-refractivity contribution in [2.75, 3.05) is 13.2 Å². The molecular weight excluding hydrogens is 402 g/mol. The van der Waals surface area contributed by atoms with Crippen LogP contribution < -0.4 is 20.1 Å². The summed E-state index contributed by atoms with van der Waals surface area (Å²) in [4.78, 5) is 9.01. The highest BCUT2D eigenvalue weighted by molar-refractivity contribution is 5.85. The molecule has 0 spiro atoms. The van der Waals surface area contributed by atoms with Crippen molar-refractivity contribution >= 4 is 16.7 Å². The summed E-state index contributed by atoms with van der Waals surface area (Å²) in [5.74, 6) is 0.824. The number of pyridine rings is 1. The Balaban J connectivity index is 1.79. The van der Waals surface area contributed by atoms with Gasteiger partial charge in [0.15, 0.2) is 17.5 Å². The van der Waals surface area contributed by atoms with E-state index in [0.717, 1.165) is 16.5 Å². The monoisotopic (exact) mass is 428 g/mol. The lowest BCUT2D eigenvalue weighted by atomic mass is 10.1. The molecule has 3 rings (SSSR count). The molecule has 1 heterocycles. The molecule has 6 nitrogen and oxygen atoms in total. The van der Waals surface area contributed by atoms with Gasteiger partial charge in [-0.25, -0.2) is 4.99 Å². The Kier molecular flexibility index (Phi) is 7.98. The van der Waals surface area contributed by atoms with E-state index in [4.69, 9.17) is 9.47 Å². The number of ether oxygens (including phenoxy) is 2. The molecule has 0 saturated carbocycles. The highest BCUT2D eigenvalue weighted by Crippen LogP contribution is 2.33. The largest absolute Gasteiger partial charge is 0.490 e. The summed E-state index contributed by atoms with van der Waals surface area (Å²) in [7, 11) is 0. The van der Waals surface area contributed by atoms with Crippen LogP contribution in [0.2, 0.25) is 0 Å². The summed E-state index contributed by atoms with van der Waals surface area (Å²) in [5.41, 5.74) is 1.40. The standard InChI is InChI=1S/C23H26F2N4O2/c1-3-26-23(29-15-19-18-10-6-5-8-16(18)12-13-27-19)28-14-17-9-7-11-20(30-4-2)21(17)31-22(24)25/h5-13,22H,3-4,14-15H2,1-2H3,(H2,26,28,29). The number of nitrogens with zero attached hydrogens (tertiary/aromatic N) is 2. The topological polar surface area (TPSA) is 67.8 Å². The Labute approximate surface area is 180 Å². The number of nitrogens with one attached hydrogen (secondary N) is 2. The van der Waals surface area contributed by atoms with E-state index in [0.29, 0.717) is 31.2 Å². The fourth-order valence-corrected chi connectivity index (χ4v) is 3.17. The molecule has 0 radical (unpaired) electrons. The number of aliphatic imine (C=N–C) groups is 1. The average molecular weight is 428 g/mol. The molecule has 0 unspecified atom stereocenters. The van der Waals surface area contributed by atoms with Gasteiger partial charge in [-0.2, -0.15) is 8.78 Å². The van der Waals surface area contributed by atoms with Gasteiger partial charge in [0.2, 0.25) is 0 Å². The molecule has 31 heavy (non-hydrogen) atoms. The third-order valence-electron chi connectivity index (χ3n) is 4.50. The van der Waals surface area contributed by atoms with Gasteiger partial charge in [-0.15, -0.1) is 0 Å². The molecule has 1 aromatic heterocycles. The van der Waals surface area contributed by atoms with E-state index >= 15 is 0 Å². The Morgan fingerprint density at radius 3 is 2.68 bits per heavy atom. The first-order chi connectivity index (χ1) is 15.1. The van der Waals surface area contributed by atoms with Crippen molar-refractivity contribution < 1.29 is 18.3 Å². The van der Waals surface area contributed by atoms with Gasteiger partial charge in [-0.1, -0.05) is 36.4 Å². The third-order valence-corrected chi connectivity index (χ3v) is 4.50. The second kappa shape index (κ2) is 11.1. The van der Waals surface area contributed by atoms with E-state index in [9.17, 15) is 8.78 Å². The van der Waals surface area contributed by atoms with Crippen LogP contribution in [0.3, 0.4) is 0 Å². The Morgan fingerprint density at radius 2 is 1.90 bits per heavy atom. The molecule has 0 aliphatic heterocycles. The lowest BCUT2D eigenvalue weighted by Crippen LogP contribution is -2.37. The number of fused-ring (bicyclic) bond motifs is 1. The van der Waals surface area contributed by atoms with Crippen molar-refractivity contribution in [3.05, 3.63) is 66.0 Å². The van der Waals surface area contributed by atoms with Crippen LogP contribution in [0.5, 0.6) is 11.5 Å². The molecule has 0 aliphatic carbocycles. The number of benzene rings is 2. The number of alkyl halides is 2. The Bertz CT molecular complexity index is 1020. The zero-order valence-electron chi connectivity index (χ0n) is 17.6. The van der Waals surface area contributed by atoms with E-state index < -0.39 is 6.61 Å². The summed E-state index contributed by atoms with van der Waals surface area (Å²) in [6.45, 7) is 2.38. The lowest BCUT2D eigenvalue weighted by molar-refractivity contribution is -0.0520. The molecule has 0 fully saturated rings. The predicted octanol–water partition coefficient (Wildman–Crippen LogP) is 4.49. The molecule has 0 saturated heterocycles. The highest BCUT2D eigenvalue weighted by atomic mass is 19.3. The van der Waals surface area contributed by atoms with E-state index in [2.05, 4.69) is 20.6 Å². The van der Waals surface area contributed by atoms with Gasteiger partial charge < -0.3 is 20.1 Å². The maximum atomic E-state index is 12.9. The zero-order chi connectivity index (χ0) is 22.1. The molecule has 3 aromatic rings. The summed E-state index contributed by atoms with van der Waals surface area (Å²) in [6, 6.07) is 15.0. The van der Waals surface area contributed by atoms with Crippen molar-refractivity contribution in [1.29, 1.82) is 0 Å². The molecule has 8 heteroatoms. The maximum Gasteiger partial charge on any atom is 0.387 e. The van der Waals surface area contributed by atoms with Crippen molar-refractivity contribution in [3.63, 3.8) is 0 Å². The van der Waals surface area contributed by atoms with Crippen molar-refractivity contribution in [2.45, 2.75) is 33.5 Å². The Hall–Kier alpha value is -3.42. The molecule has 2 aromatic carbocycles. The van der Waals surface area contributed by atoms with Gasteiger partial charge in [0.25, 0.3) is 0 Å². The number of para-hydroxylation sites is 1. The van der Waals surface area contributed by atoms with Gasteiger partial charge in [-0.3, -0.25) is 4.98 Å². The SMILES string of the molecule is CCNC(=NCc1cccc(OCC)c1OC(F)F)NCc1nccc2ccccc12. The first kappa shape index (κ1) is 22.3. The zero-order valence-corrected chi connectivity index (χ0v) is 17.6. The first-order valence-corrected chi connectivity index (χ1v) is 10.2. The number of hydrogen-bond donors (Lipinski definition) is 2. The fourth-order valence-electron chi connectivity index (χ4n) is 3.17. The van der Waals surface area contributed by atoms with Crippen LogP contribution in [0.1, 0.15) is 25.1 Å². The minimum atomic E-state index is -2.95. The van der Waals surface area contributed by atoms with E-state index in [1.54, 1.807) is 31.3 Å². The summed E-state index contributed by atoms with van der Waals surface area (Å²) >= 11 is 0. The summed E-state index contributed by atoms with van der Waals surface area (Å²) in [6.07, 6.45) is 1.77. The van der Waals surface area contributed by atoms with Crippen LogP contribution in [0.4, 0.5) is 8.78 Å². The lowest BCUT2D eigenvalue weighted by Gasteiger charge is -2.15. The minimum absolute atomic E-state index is 0.00895. The van der Waals surface area contributed by atoms with Crippen molar-refractivity contribution in [1.82, 2.24) is 15.6 Å². The van der Waals surface area contributed by atoms with E-state index in [1.807, 2.05) is 37.3 Å². The smallest absolute Gasteiger partial charge is 0.387 e. The van der Waals surface area contributed by atoms with Crippen LogP contribution in [0.15, 0.2) is 59.7 Å². The molecule has 0 amide bonds. The third kappa shape index (κ3) is 6.04. The van der Waals surface area contributed by atoms with Gasteiger partial charge in [0.1, 0.15) is 0 Å². The Morgan fingerprint density at radius 1 is 1.06 bits per heavy atom. The maximum absolute atomic E-state index is 12.9. The molecule has 2 N–H and O–H groups in total. The van der Waals surface area contributed by atoms with E-state index in [-0.39, 0.29) is 18.0 Å². The van der Waals surface area contributed by atoms with Gasteiger partial charge in [0, 0.05) is 23.7 Å². The molecule has 0 bridgehead atoms. The van der Waals surface area contributed by atoms with Crippen LogP contribution >= 0.6 is 0 Å². The van der Waals surface area contributed by atoms with Crippen LogP contribution in [0, 0.1) is 0 Å². The average Bonchev–Trinajstić information content (AvgIpc) is 2.77. The summed E-state index contributed by atoms with van der Waals surface area (Å²) < 4.78 is 36.0. The van der Waals surface area contributed by atoms with Crippen LogP contribution in [-0.4, -0.2) is 30.7 Å². The number of rotatable bonds is 9. The predicted molar refractivity (Wildman–Crippen MR) is 118 cm³/mol. The minimum Gasteiger partial charge on any atom is -0.490 e. The van der Waals surface area contributed by atoms with Gasteiger partial charge >= 0.3 is 6.61 Å². The van der Waals surface area contributed by atoms with Gasteiger partial charge in [-0.05, 0) is 31.4 Å². The second-order valence-electron chi connectivity index (χ2n) is 6.58. The highest BCUT2D eigenvalue weighted by Gasteiger charge is 2.15. The van der Waals surface area contributed by atoms with Crippen molar-refractivity contribution in [3.8, 4) is 11.5 Å². The van der Waals surface area contributed by atoms with Gasteiger partial charge in [0.05, 0.1) is 25.4 Å². The number of aromatic nitrogens is 1. The normalized spacial score (nSPS) is 11.6. The van der Waals surface area contributed by atoms with Crippen LogP contribution in [-0.2, 0) is 13.1 Å².